The summed E-state index contributed by atoms with van der Waals surface area (Å²) in [6.45, 7) is 1.74. The fraction of sp³-hybridized carbons (Fsp3) is 0.926. The maximum Gasteiger partial charge on any atom is 0.494 e. The first-order valence-electron chi connectivity index (χ1n) is 14.5. The van der Waals surface area contributed by atoms with Gasteiger partial charge in [-0.3, -0.25) is 9.32 Å². The van der Waals surface area contributed by atoms with Crippen molar-refractivity contribution < 1.29 is 42.5 Å². The van der Waals surface area contributed by atoms with Crippen molar-refractivity contribution in [2.45, 2.75) is 116 Å². The van der Waals surface area contributed by atoms with Crippen molar-refractivity contribution in [2.75, 3.05) is 48.0 Å². The molecule has 2 N–H and O–H groups in total. The molecule has 226 valence electrons. The van der Waals surface area contributed by atoms with Gasteiger partial charge in [0.1, 0.15) is 13.2 Å². The number of phosphoric ester groups is 1. The summed E-state index contributed by atoms with van der Waals surface area (Å²) >= 11 is 0. The molecule has 38 heavy (non-hydrogen) atoms. The largest absolute Gasteiger partial charge is 0.494 e. The molecule has 0 saturated carbocycles. The molecule has 0 radical (unpaired) electrons. The van der Waals surface area contributed by atoms with E-state index in [1.165, 1.54) is 70.6 Å². The number of ether oxygens (including phenoxy) is 1. The van der Waals surface area contributed by atoms with Crippen LogP contribution in [0.2, 0.25) is 0 Å². The first-order chi connectivity index (χ1) is 18.0. The lowest BCUT2D eigenvalue weighted by Gasteiger charge is -2.29. The van der Waals surface area contributed by atoms with E-state index in [0.717, 1.165) is 26.4 Å². The quantitative estimate of drug-likeness (QED) is 0.0497. The summed E-state index contributed by atoms with van der Waals surface area (Å²) in [6, 6.07) is -1.56. The SMILES string of the molecule is CCCCCCCCCCCCCCCCCC(=O)N(OP(=O)(O)OCC[N+](C)(C)C)[C@H](CO)C(=O)OC. The molecule has 0 heterocycles. The van der Waals surface area contributed by atoms with E-state index in [0.29, 0.717) is 22.5 Å². The number of hydrogen-bond acceptors (Lipinski definition) is 7. The van der Waals surface area contributed by atoms with Gasteiger partial charge in [0.2, 0.25) is 5.91 Å². The number of rotatable bonds is 25. The minimum Gasteiger partial charge on any atom is -0.467 e. The van der Waals surface area contributed by atoms with Crippen LogP contribution in [0.3, 0.4) is 0 Å². The Hall–Kier alpha value is -1.03. The molecule has 0 aliphatic carbocycles. The topological polar surface area (TPSA) is 123 Å². The number of hydroxylamine groups is 2. The Balaban J connectivity index is 4.37. The second kappa shape index (κ2) is 21.8. The Morgan fingerprint density at radius 3 is 1.68 bits per heavy atom. The van der Waals surface area contributed by atoms with E-state index in [9.17, 15) is 24.2 Å². The highest BCUT2D eigenvalue weighted by molar-refractivity contribution is 7.47. The van der Waals surface area contributed by atoms with Gasteiger partial charge in [0, 0.05) is 6.42 Å². The predicted octanol–water partition coefficient (Wildman–Crippen LogP) is 5.37. The van der Waals surface area contributed by atoms with Crippen molar-refractivity contribution in [1.82, 2.24) is 5.06 Å². The third kappa shape index (κ3) is 20.0. The minimum atomic E-state index is -4.70. The van der Waals surface area contributed by atoms with Gasteiger partial charge >= 0.3 is 13.8 Å². The molecule has 10 nitrogen and oxygen atoms in total. The summed E-state index contributed by atoms with van der Waals surface area (Å²) in [5, 5.41) is 10.1. The number of amides is 1. The number of methoxy groups -OCH3 is 1. The first-order valence-corrected chi connectivity index (χ1v) is 15.9. The number of esters is 1. The molecule has 0 aliphatic heterocycles. The van der Waals surface area contributed by atoms with Crippen molar-refractivity contribution >= 4 is 19.7 Å². The second-order valence-corrected chi connectivity index (χ2v) is 12.4. The van der Waals surface area contributed by atoms with Gasteiger partial charge in [-0.1, -0.05) is 96.8 Å². The zero-order valence-corrected chi connectivity index (χ0v) is 25.6. The Kier molecular flexibility index (Phi) is 21.2. The summed E-state index contributed by atoms with van der Waals surface area (Å²) in [7, 11) is 2.05. The zero-order valence-electron chi connectivity index (χ0n) is 24.7. The molecule has 2 atom stereocenters. The minimum absolute atomic E-state index is 0.00459. The lowest BCUT2D eigenvalue weighted by atomic mass is 10.0. The van der Waals surface area contributed by atoms with Gasteiger partial charge in [0.15, 0.2) is 6.04 Å². The molecule has 0 aromatic heterocycles. The van der Waals surface area contributed by atoms with Crippen LogP contribution in [0, 0.1) is 0 Å². The Bertz CT molecular complexity index is 672. The fourth-order valence-electron chi connectivity index (χ4n) is 3.98. The lowest BCUT2D eigenvalue weighted by molar-refractivity contribution is -0.870. The van der Waals surface area contributed by atoms with Crippen molar-refractivity contribution in [3.63, 3.8) is 0 Å². The van der Waals surface area contributed by atoms with Crippen LogP contribution in [-0.2, 0) is 28.0 Å². The second-order valence-electron chi connectivity index (χ2n) is 11.0. The van der Waals surface area contributed by atoms with Crippen molar-refractivity contribution in [3.05, 3.63) is 0 Å². The molecule has 0 bridgehead atoms. The van der Waals surface area contributed by atoms with E-state index in [2.05, 4.69) is 11.7 Å². The number of quaternary nitrogens is 1. The van der Waals surface area contributed by atoms with E-state index in [4.69, 9.17) is 9.15 Å². The lowest BCUT2D eigenvalue weighted by Crippen LogP contribution is -2.47. The van der Waals surface area contributed by atoms with Crippen LogP contribution in [0.4, 0.5) is 0 Å². The highest BCUT2D eigenvalue weighted by atomic mass is 31.2. The standard InChI is InChI=1S/C27H55N2O8P/c1-6-7-8-9-10-11-12-13-14-15-16-17-18-19-20-21-26(31)28(25(24-30)27(32)35-5)37-38(33,34)36-23-22-29(2,3)4/h25,30H,6-24H2,1-5H3/p+1/t25-/m1/s1. The van der Waals surface area contributed by atoms with E-state index >= 15 is 0 Å². The van der Waals surface area contributed by atoms with Gasteiger partial charge in [-0.2, -0.15) is 9.69 Å². The highest BCUT2D eigenvalue weighted by Crippen LogP contribution is 2.45. The van der Waals surface area contributed by atoms with Gasteiger partial charge in [-0.05, 0) is 6.42 Å². The number of carbonyl (C=O) groups excluding carboxylic acids is 2. The van der Waals surface area contributed by atoms with E-state index in [-0.39, 0.29) is 13.0 Å². The number of carbonyl (C=O) groups is 2. The van der Waals surface area contributed by atoms with Crippen LogP contribution in [0.1, 0.15) is 110 Å². The summed E-state index contributed by atoms with van der Waals surface area (Å²) in [5.74, 6) is -1.64. The smallest absolute Gasteiger partial charge is 0.467 e. The van der Waals surface area contributed by atoms with Crippen LogP contribution in [0.25, 0.3) is 0 Å². The molecular formula is C27H56N2O8P+. The Morgan fingerprint density at radius 1 is 0.842 bits per heavy atom. The number of likely N-dealkylation sites (N-methyl/N-ethyl adjacent to an activating group) is 1. The van der Waals surface area contributed by atoms with Gasteiger partial charge in [-0.25, -0.2) is 9.36 Å². The highest BCUT2D eigenvalue weighted by Gasteiger charge is 2.37. The van der Waals surface area contributed by atoms with Crippen LogP contribution < -0.4 is 0 Å². The van der Waals surface area contributed by atoms with Gasteiger partial charge in [-0.15, -0.1) is 0 Å². The number of aliphatic hydroxyl groups is 1. The molecule has 1 amide bonds. The number of phosphoric acid groups is 1. The number of hydrogen-bond donors (Lipinski definition) is 2. The molecule has 11 heteroatoms. The molecule has 0 saturated heterocycles. The molecule has 0 rings (SSSR count). The third-order valence-electron chi connectivity index (χ3n) is 6.38. The molecule has 0 fully saturated rings. The summed E-state index contributed by atoms with van der Waals surface area (Å²) in [5.41, 5.74) is 0. The molecular weight excluding hydrogens is 511 g/mol. The van der Waals surface area contributed by atoms with E-state index in [1.54, 1.807) is 0 Å². The maximum atomic E-state index is 12.8. The first kappa shape index (κ1) is 37.0. The van der Waals surface area contributed by atoms with Crippen LogP contribution in [0.15, 0.2) is 0 Å². The Labute approximate surface area is 231 Å². The predicted molar refractivity (Wildman–Crippen MR) is 149 cm³/mol. The monoisotopic (exact) mass is 567 g/mol. The summed E-state index contributed by atoms with van der Waals surface area (Å²) in [6.07, 6.45) is 17.8. The van der Waals surface area contributed by atoms with E-state index in [1.807, 2.05) is 21.1 Å². The number of nitrogens with zero attached hydrogens (tertiary/aromatic N) is 2. The summed E-state index contributed by atoms with van der Waals surface area (Å²) in [4.78, 5) is 35.0. The summed E-state index contributed by atoms with van der Waals surface area (Å²) < 4.78 is 27.5. The van der Waals surface area contributed by atoms with Crippen molar-refractivity contribution in [1.29, 1.82) is 0 Å². The van der Waals surface area contributed by atoms with E-state index < -0.39 is 32.3 Å². The fourth-order valence-corrected chi connectivity index (χ4v) is 4.77. The van der Waals surface area contributed by atoms with Crippen LogP contribution in [-0.4, -0.2) is 85.5 Å². The third-order valence-corrected chi connectivity index (χ3v) is 7.27. The molecule has 0 aliphatic rings. The van der Waals surface area contributed by atoms with Crippen molar-refractivity contribution in [2.24, 2.45) is 0 Å². The van der Waals surface area contributed by atoms with Gasteiger partial charge in [0.05, 0.1) is 34.9 Å². The molecule has 0 spiro atoms. The Morgan fingerprint density at radius 2 is 1.29 bits per heavy atom. The number of unbranched alkanes of at least 4 members (excludes halogenated alkanes) is 14. The van der Waals surface area contributed by atoms with Crippen LogP contribution >= 0.6 is 7.82 Å². The average Bonchev–Trinajstić information content (AvgIpc) is 2.84. The molecule has 0 aromatic carbocycles. The molecule has 1 unspecified atom stereocenters. The normalized spacial score (nSPS) is 14.2. The van der Waals surface area contributed by atoms with Crippen molar-refractivity contribution in [3.8, 4) is 0 Å². The molecule has 0 aromatic rings. The maximum absolute atomic E-state index is 12.8. The van der Waals surface area contributed by atoms with Crippen LogP contribution in [0.5, 0.6) is 0 Å². The average molecular weight is 568 g/mol. The van der Waals surface area contributed by atoms with Gasteiger partial charge < -0.3 is 19.2 Å². The zero-order chi connectivity index (χ0) is 28.9. The van der Waals surface area contributed by atoms with Gasteiger partial charge in [0.25, 0.3) is 0 Å². The number of aliphatic hydroxyl groups excluding tert-OH is 1.